The van der Waals surface area contributed by atoms with Gasteiger partial charge in [-0.15, -0.1) is 0 Å². The van der Waals surface area contributed by atoms with Gasteiger partial charge in [-0.05, 0) is 38.3 Å². The van der Waals surface area contributed by atoms with Crippen LogP contribution in [0.1, 0.15) is 57.7 Å². The highest BCUT2D eigenvalue weighted by molar-refractivity contribution is 5.90. The topological polar surface area (TPSA) is 67.9 Å². The minimum Gasteiger partial charge on any atom is -0.467 e. The average molecular weight is 453 g/mol. The van der Waals surface area contributed by atoms with Crippen molar-refractivity contribution in [3.8, 4) is 0 Å². The van der Waals surface area contributed by atoms with Gasteiger partial charge >= 0.3 is 5.97 Å². The Hall–Kier alpha value is -2.70. The zero-order chi connectivity index (χ0) is 24.1. The fraction of sp³-hybridized carbons (Fsp3) is 0.481. The van der Waals surface area contributed by atoms with Crippen molar-refractivity contribution in [2.45, 2.75) is 70.3 Å². The number of carbonyl (C=O) groups is 2. The van der Waals surface area contributed by atoms with Crippen LogP contribution < -0.4 is 5.32 Å². The van der Waals surface area contributed by atoms with Gasteiger partial charge in [0.25, 0.3) is 0 Å². The van der Waals surface area contributed by atoms with Gasteiger partial charge < -0.3 is 14.8 Å². The predicted molar refractivity (Wildman–Crippen MR) is 128 cm³/mol. The second-order valence-corrected chi connectivity index (χ2v) is 9.24. The van der Waals surface area contributed by atoms with E-state index in [1.165, 1.54) is 7.11 Å². The molecule has 1 aliphatic heterocycles. The molecule has 6 heteroatoms. The molecule has 0 aliphatic carbocycles. The van der Waals surface area contributed by atoms with E-state index in [1.54, 1.807) is 0 Å². The number of amides is 1. The number of esters is 1. The summed E-state index contributed by atoms with van der Waals surface area (Å²) in [6.07, 6.45) is 1.57. The highest BCUT2D eigenvalue weighted by Crippen LogP contribution is 2.38. The van der Waals surface area contributed by atoms with Gasteiger partial charge in [0.2, 0.25) is 5.91 Å². The molecule has 1 heterocycles. The second-order valence-electron chi connectivity index (χ2n) is 9.24. The van der Waals surface area contributed by atoms with Crippen molar-refractivity contribution in [3.63, 3.8) is 0 Å². The maximum absolute atomic E-state index is 13.7. The first kappa shape index (κ1) is 24.9. The molecule has 2 aromatic carbocycles. The molecule has 1 amide bonds. The molecule has 0 aromatic heterocycles. The highest BCUT2D eigenvalue weighted by atomic mass is 16.5. The van der Waals surface area contributed by atoms with E-state index >= 15 is 0 Å². The number of methoxy groups -OCH3 is 1. The number of carbonyl (C=O) groups excluding carboxylic acids is 2. The molecule has 1 aliphatic rings. The fourth-order valence-corrected chi connectivity index (χ4v) is 4.93. The maximum atomic E-state index is 13.7. The first-order valence-electron chi connectivity index (χ1n) is 11.7. The van der Waals surface area contributed by atoms with Gasteiger partial charge in [0.05, 0.1) is 25.8 Å². The van der Waals surface area contributed by atoms with Gasteiger partial charge in [0, 0.05) is 6.42 Å². The molecule has 3 atom stereocenters. The van der Waals surface area contributed by atoms with Crippen LogP contribution >= 0.6 is 0 Å². The Kier molecular flexibility index (Phi) is 7.92. The predicted octanol–water partition coefficient (Wildman–Crippen LogP) is 4.26. The van der Waals surface area contributed by atoms with E-state index in [0.29, 0.717) is 19.4 Å². The second kappa shape index (κ2) is 10.5. The van der Waals surface area contributed by atoms with Crippen LogP contribution in [0, 0.1) is 0 Å². The van der Waals surface area contributed by atoms with Crippen LogP contribution in [0.25, 0.3) is 0 Å². The van der Waals surface area contributed by atoms with Crippen molar-refractivity contribution in [1.82, 2.24) is 10.2 Å². The number of rotatable bonds is 9. The monoisotopic (exact) mass is 452 g/mol. The molecule has 0 radical (unpaired) electrons. The summed E-state index contributed by atoms with van der Waals surface area (Å²) in [4.78, 5) is 28.8. The number of nitrogens with one attached hydrogen (secondary N) is 1. The largest absolute Gasteiger partial charge is 0.467 e. The van der Waals surface area contributed by atoms with Crippen LogP contribution in [0.4, 0.5) is 0 Å². The molecule has 1 saturated heterocycles. The van der Waals surface area contributed by atoms with Crippen LogP contribution in [-0.2, 0) is 25.5 Å². The lowest BCUT2D eigenvalue weighted by molar-refractivity contribution is -0.153. The molecule has 178 valence electrons. The summed E-state index contributed by atoms with van der Waals surface area (Å²) < 4.78 is 11.3. The summed E-state index contributed by atoms with van der Waals surface area (Å²) in [7, 11) is 1.37. The summed E-state index contributed by atoms with van der Waals surface area (Å²) in [5.74, 6) is -0.644. The van der Waals surface area contributed by atoms with E-state index < -0.39 is 23.3 Å². The van der Waals surface area contributed by atoms with E-state index in [1.807, 2.05) is 76.2 Å². The molecule has 1 fully saturated rings. The van der Waals surface area contributed by atoms with Gasteiger partial charge in [0.1, 0.15) is 11.3 Å². The van der Waals surface area contributed by atoms with Crippen LogP contribution in [0.3, 0.4) is 0 Å². The van der Waals surface area contributed by atoms with Crippen molar-refractivity contribution in [1.29, 1.82) is 0 Å². The van der Waals surface area contributed by atoms with Gasteiger partial charge in [-0.2, -0.15) is 0 Å². The number of hydrogen-bond donors (Lipinski definition) is 1. The van der Waals surface area contributed by atoms with E-state index in [9.17, 15) is 9.59 Å². The molecular formula is C27H36N2O4. The number of hydrogen-bond acceptors (Lipinski definition) is 5. The third-order valence-corrected chi connectivity index (χ3v) is 6.50. The zero-order valence-corrected chi connectivity index (χ0v) is 20.3. The Morgan fingerprint density at radius 3 is 2.33 bits per heavy atom. The van der Waals surface area contributed by atoms with Crippen molar-refractivity contribution in [2.24, 2.45) is 0 Å². The van der Waals surface area contributed by atoms with Crippen molar-refractivity contribution in [2.75, 3.05) is 13.7 Å². The molecule has 0 spiro atoms. The van der Waals surface area contributed by atoms with E-state index in [-0.39, 0.29) is 11.9 Å². The van der Waals surface area contributed by atoms with Gasteiger partial charge in [-0.1, -0.05) is 74.0 Å². The van der Waals surface area contributed by atoms with Gasteiger partial charge in [-0.3, -0.25) is 9.69 Å². The minimum absolute atomic E-state index is 0.0604. The smallest absolute Gasteiger partial charge is 0.331 e. The first-order chi connectivity index (χ1) is 15.7. The molecule has 3 rings (SSSR count). The Labute approximate surface area is 197 Å². The third kappa shape index (κ3) is 5.45. The molecule has 6 nitrogen and oxygen atoms in total. The fourth-order valence-electron chi connectivity index (χ4n) is 4.93. The molecule has 0 saturated carbocycles. The number of ether oxygens (including phenoxy) is 2. The van der Waals surface area contributed by atoms with Crippen LogP contribution in [0.2, 0.25) is 0 Å². The SMILES string of the molecule is CCC[C@@](Cc1ccccc1)(NC(=O)[C@@H](C)N1[C@H](c2ccccc2)COC1(C)C)C(=O)OC. The van der Waals surface area contributed by atoms with Crippen LogP contribution in [0.15, 0.2) is 60.7 Å². The van der Waals surface area contributed by atoms with E-state index in [2.05, 4.69) is 22.3 Å². The summed E-state index contributed by atoms with van der Waals surface area (Å²) in [6, 6.07) is 19.2. The van der Waals surface area contributed by atoms with Gasteiger partial charge in [-0.25, -0.2) is 4.79 Å². The number of nitrogens with zero attached hydrogens (tertiary/aromatic N) is 1. The third-order valence-electron chi connectivity index (χ3n) is 6.50. The average Bonchev–Trinajstić information content (AvgIpc) is 3.14. The maximum Gasteiger partial charge on any atom is 0.331 e. The Balaban J connectivity index is 1.90. The number of benzene rings is 2. The Morgan fingerprint density at radius 1 is 1.15 bits per heavy atom. The molecule has 33 heavy (non-hydrogen) atoms. The zero-order valence-electron chi connectivity index (χ0n) is 20.3. The van der Waals surface area contributed by atoms with Crippen LogP contribution in [-0.4, -0.2) is 47.8 Å². The van der Waals surface area contributed by atoms with Crippen molar-refractivity contribution in [3.05, 3.63) is 71.8 Å². The lowest BCUT2D eigenvalue weighted by atomic mass is 9.85. The Bertz CT molecular complexity index is 932. The Morgan fingerprint density at radius 2 is 1.76 bits per heavy atom. The summed E-state index contributed by atoms with van der Waals surface area (Å²) in [5, 5.41) is 3.11. The molecular weight excluding hydrogens is 416 g/mol. The van der Waals surface area contributed by atoms with Crippen molar-refractivity contribution < 1.29 is 19.1 Å². The van der Waals surface area contributed by atoms with Crippen LogP contribution in [0.5, 0.6) is 0 Å². The molecule has 0 unspecified atom stereocenters. The molecule has 2 aromatic rings. The first-order valence-corrected chi connectivity index (χ1v) is 11.7. The summed E-state index contributed by atoms with van der Waals surface area (Å²) in [5.41, 5.74) is 0.300. The van der Waals surface area contributed by atoms with Crippen molar-refractivity contribution >= 4 is 11.9 Å². The lowest BCUT2D eigenvalue weighted by Gasteiger charge is -2.40. The van der Waals surface area contributed by atoms with E-state index in [4.69, 9.17) is 9.47 Å². The van der Waals surface area contributed by atoms with Gasteiger partial charge in [0.15, 0.2) is 0 Å². The minimum atomic E-state index is -1.14. The molecule has 1 N–H and O–H groups in total. The molecule has 0 bridgehead atoms. The van der Waals surface area contributed by atoms with E-state index in [0.717, 1.165) is 17.5 Å². The lowest BCUT2D eigenvalue weighted by Crippen LogP contribution is -2.61. The standard InChI is InChI=1S/C27H36N2O4/c1-6-17-27(25(31)32-5,18-21-13-9-7-10-14-21)28-24(30)20(2)29-23(19-33-26(29,3)4)22-15-11-8-12-16-22/h7-16,20,23H,6,17-19H2,1-5H3,(H,28,30)/t20-,23+,27+/m1/s1. The summed E-state index contributed by atoms with van der Waals surface area (Å²) in [6.45, 7) is 8.32. The highest BCUT2D eigenvalue weighted by Gasteiger charge is 2.48. The quantitative estimate of drug-likeness (QED) is 0.576. The normalized spacial score (nSPS) is 20.6. The summed E-state index contributed by atoms with van der Waals surface area (Å²) >= 11 is 0.